The number of aliphatic hydroxyl groups is 1. The summed E-state index contributed by atoms with van der Waals surface area (Å²) in [4.78, 5) is 14.9. The van der Waals surface area contributed by atoms with Crippen molar-refractivity contribution in [2.45, 2.75) is 25.9 Å². The largest absolute Gasteiger partial charge is 0.481 e. The third-order valence-corrected chi connectivity index (χ3v) is 3.12. The predicted molar refractivity (Wildman–Crippen MR) is 76.3 cm³/mol. The molecular formula is C16H17NO3. The van der Waals surface area contributed by atoms with E-state index >= 15 is 0 Å². The normalized spacial score (nSPS) is 12.1. The number of nitrogens with zero attached hydrogens (tertiary/aromatic N) is 1. The van der Waals surface area contributed by atoms with Crippen LogP contribution >= 0.6 is 0 Å². The standard InChI is InChI=1S/C16H17NO3/c1-11(18)13-3-2-4-14(9-13)15-7-5-12(10-17-15)6-8-16(19)20/h2-5,7,9-11,18H,6,8H2,1H3,(H,19,20)/t11-/m1/s1. The number of aryl methyl sites for hydroxylation is 1. The first-order valence-electron chi connectivity index (χ1n) is 6.51. The Morgan fingerprint density at radius 3 is 2.70 bits per heavy atom. The van der Waals surface area contributed by atoms with Crippen molar-refractivity contribution >= 4 is 5.97 Å². The first kappa shape index (κ1) is 14.2. The quantitative estimate of drug-likeness (QED) is 0.877. The number of aromatic nitrogens is 1. The Morgan fingerprint density at radius 1 is 1.30 bits per heavy atom. The second-order valence-electron chi connectivity index (χ2n) is 4.75. The van der Waals surface area contributed by atoms with Crippen molar-refractivity contribution in [3.05, 3.63) is 53.7 Å². The fraction of sp³-hybridized carbons (Fsp3) is 0.250. The van der Waals surface area contributed by atoms with Crippen molar-refractivity contribution in [2.75, 3.05) is 0 Å². The molecule has 0 aliphatic heterocycles. The number of hydrogen-bond donors (Lipinski definition) is 2. The van der Waals surface area contributed by atoms with Gasteiger partial charge in [-0.1, -0.05) is 24.3 Å². The zero-order chi connectivity index (χ0) is 14.5. The summed E-state index contributed by atoms with van der Waals surface area (Å²) in [5.41, 5.74) is 3.50. The van der Waals surface area contributed by atoms with E-state index in [1.165, 1.54) is 0 Å². The molecule has 0 radical (unpaired) electrons. The molecule has 0 amide bonds. The lowest BCUT2D eigenvalue weighted by Gasteiger charge is -2.07. The predicted octanol–water partition coefficient (Wildman–Crippen LogP) is 2.82. The number of hydrogen-bond acceptors (Lipinski definition) is 3. The van der Waals surface area contributed by atoms with Crippen molar-refractivity contribution in [1.82, 2.24) is 4.98 Å². The summed E-state index contributed by atoms with van der Waals surface area (Å²) >= 11 is 0. The Morgan fingerprint density at radius 2 is 2.10 bits per heavy atom. The van der Waals surface area contributed by atoms with Crippen LogP contribution in [-0.2, 0) is 11.2 Å². The Balaban J connectivity index is 2.17. The number of benzene rings is 1. The molecule has 2 rings (SSSR count). The molecule has 1 heterocycles. The number of rotatable bonds is 5. The second kappa shape index (κ2) is 6.30. The van der Waals surface area contributed by atoms with Crippen LogP contribution in [0, 0.1) is 0 Å². The fourth-order valence-electron chi connectivity index (χ4n) is 1.95. The minimum atomic E-state index is -0.807. The molecule has 2 aromatic rings. The van der Waals surface area contributed by atoms with Gasteiger partial charge in [0, 0.05) is 18.2 Å². The van der Waals surface area contributed by atoms with Gasteiger partial charge in [-0.2, -0.15) is 0 Å². The van der Waals surface area contributed by atoms with Crippen LogP contribution in [0.1, 0.15) is 30.6 Å². The number of carboxylic acids is 1. The minimum absolute atomic E-state index is 0.110. The molecule has 4 nitrogen and oxygen atoms in total. The van der Waals surface area contributed by atoms with E-state index < -0.39 is 12.1 Å². The molecular weight excluding hydrogens is 254 g/mol. The Kier molecular flexibility index (Phi) is 4.48. The number of aliphatic carboxylic acids is 1. The lowest BCUT2D eigenvalue weighted by Crippen LogP contribution is -1.98. The van der Waals surface area contributed by atoms with Gasteiger partial charge < -0.3 is 10.2 Å². The maximum atomic E-state index is 10.5. The van der Waals surface area contributed by atoms with Crippen molar-refractivity contribution in [1.29, 1.82) is 0 Å². The highest BCUT2D eigenvalue weighted by Gasteiger charge is 2.05. The molecule has 0 aliphatic carbocycles. The number of pyridine rings is 1. The highest BCUT2D eigenvalue weighted by molar-refractivity contribution is 5.67. The van der Waals surface area contributed by atoms with Crippen LogP contribution in [0.25, 0.3) is 11.3 Å². The summed E-state index contributed by atoms with van der Waals surface area (Å²) in [6.45, 7) is 1.72. The average Bonchev–Trinajstić information content (AvgIpc) is 2.46. The van der Waals surface area contributed by atoms with E-state index in [-0.39, 0.29) is 6.42 Å². The molecule has 0 bridgehead atoms. The van der Waals surface area contributed by atoms with Crippen LogP contribution in [0.3, 0.4) is 0 Å². The van der Waals surface area contributed by atoms with Gasteiger partial charge in [0.1, 0.15) is 0 Å². The van der Waals surface area contributed by atoms with Crippen molar-refractivity contribution < 1.29 is 15.0 Å². The van der Waals surface area contributed by atoms with Crippen LogP contribution in [0.15, 0.2) is 42.6 Å². The van der Waals surface area contributed by atoms with Gasteiger partial charge in [-0.15, -0.1) is 0 Å². The Bertz CT molecular complexity index is 591. The van der Waals surface area contributed by atoms with Gasteiger partial charge >= 0.3 is 5.97 Å². The number of carboxylic acid groups (broad SMARTS) is 1. The van der Waals surface area contributed by atoms with E-state index in [4.69, 9.17) is 5.11 Å². The lowest BCUT2D eigenvalue weighted by atomic mass is 10.0. The van der Waals surface area contributed by atoms with Gasteiger partial charge in [0.2, 0.25) is 0 Å². The van der Waals surface area contributed by atoms with E-state index in [0.29, 0.717) is 6.42 Å². The lowest BCUT2D eigenvalue weighted by molar-refractivity contribution is -0.136. The Labute approximate surface area is 117 Å². The number of aliphatic hydroxyl groups excluding tert-OH is 1. The Hall–Kier alpha value is -2.20. The average molecular weight is 271 g/mol. The minimum Gasteiger partial charge on any atom is -0.481 e. The van der Waals surface area contributed by atoms with E-state index in [1.54, 1.807) is 13.1 Å². The van der Waals surface area contributed by atoms with Gasteiger partial charge in [-0.25, -0.2) is 0 Å². The molecule has 0 saturated carbocycles. The van der Waals surface area contributed by atoms with Crippen molar-refractivity contribution in [3.63, 3.8) is 0 Å². The highest BCUT2D eigenvalue weighted by atomic mass is 16.4. The second-order valence-corrected chi connectivity index (χ2v) is 4.75. The smallest absolute Gasteiger partial charge is 0.303 e. The van der Waals surface area contributed by atoms with E-state index in [1.807, 2.05) is 36.4 Å². The summed E-state index contributed by atoms with van der Waals surface area (Å²) < 4.78 is 0. The topological polar surface area (TPSA) is 70.4 Å². The zero-order valence-electron chi connectivity index (χ0n) is 11.3. The van der Waals surface area contributed by atoms with Gasteiger partial charge in [0.15, 0.2) is 0 Å². The molecule has 0 aliphatic rings. The molecule has 104 valence electrons. The summed E-state index contributed by atoms with van der Waals surface area (Å²) in [5, 5.41) is 18.2. The molecule has 4 heteroatoms. The first-order valence-corrected chi connectivity index (χ1v) is 6.51. The molecule has 0 spiro atoms. The van der Waals surface area contributed by atoms with Gasteiger partial charge in [0.05, 0.1) is 11.8 Å². The maximum Gasteiger partial charge on any atom is 0.303 e. The zero-order valence-corrected chi connectivity index (χ0v) is 11.3. The first-order chi connectivity index (χ1) is 9.56. The summed E-state index contributed by atoms with van der Waals surface area (Å²) in [7, 11) is 0. The van der Waals surface area contributed by atoms with Gasteiger partial charge in [-0.05, 0) is 36.6 Å². The SMILES string of the molecule is C[C@@H](O)c1cccc(-c2ccc(CCC(=O)O)cn2)c1. The monoisotopic (exact) mass is 271 g/mol. The highest BCUT2D eigenvalue weighted by Crippen LogP contribution is 2.21. The third kappa shape index (κ3) is 3.65. The van der Waals surface area contributed by atoms with Crippen molar-refractivity contribution in [2.24, 2.45) is 0 Å². The van der Waals surface area contributed by atoms with Crippen LogP contribution in [-0.4, -0.2) is 21.2 Å². The van der Waals surface area contributed by atoms with Crippen molar-refractivity contribution in [3.8, 4) is 11.3 Å². The molecule has 0 saturated heterocycles. The van der Waals surface area contributed by atoms with E-state index in [2.05, 4.69) is 4.98 Å². The van der Waals surface area contributed by atoms with Crippen LogP contribution in [0.2, 0.25) is 0 Å². The molecule has 2 N–H and O–H groups in total. The van der Waals surface area contributed by atoms with Crippen LogP contribution in [0.5, 0.6) is 0 Å². The third-order valence-electron chi connectivity index (χ3n) is 3.12. The summed E-state index contributed by atoms with van der Waals surface area (Å²) in [6, 6.07) is 11.4. The summed E-state index contributed by atoms with van der Waals surface area (Å²) in [6.07, 6.45) is 1.78. The van der Waals surface area contributed by atoms with E-state index in [9.17, 15) is 9.90 Å². The molecule has 1 aromatic heterocycles. The fourth-order valence-corrected chi connectivity index (χ4v) is 1.95. The molecule has 1 atom stereocenters. The van der Waals surface area contributed by atoms with E-state index in [0.717, 1.165) is 22.4 Å². The van der Waals surface area contributed by atoms with Crippen LogP contribution < -0.4 is 0 Å². The number of carbonyl (C=O) groups is 1. The maximum absolute atomic E-state index is 10.5. The molecule has 0 fully saturated rings. The molecule has 1 aromatic carbocycles. The molecule has 0 unspecified atom stereocenters. The van der Waals surface area contributed by atoms with Crippen LogP contribution in [0.4, 0.5) is 0 Å². The van der Waals surface area contributed by atoms with Gasteiger partial charge in [-0.3, -0.25) is 9.78 Å². The summed E-state index contributed by atoms with van der Waals surface area (Å²) in [5.74, 6) is -0.807. The molecule has 20 heavy (non-hydrogen) atoms. The van der Waals surface area contributed by atoms with Gasteiger partial charge in [0.25, 0.3) is 0 Å².